The van der Waals surface area contributed by atoms with Gasteiger partial charge in [0.2, 0.25) is 0 Å². The molecule has 0 spiro atoms. The van der Waals surface area contributed by atoms with E-state index in [4.69, 9.17) is 5.73 Å². The number of nitrogens with zero attached hydrogens (tertiary/aromatic N) is 1. The quantitative estimate of drug-likeness (QED) is 0.700. The highest BCUT2D eigenvalue weighted by Crippen LogP contribution is 2.32. The van der Waals surface area contributed by atoms with Crippen LogP contribution in [0.2, 0.25) is 0 Å². The fourth-order valence-electron chi connectivity index (χ4n) is 1.53. The van der Waals surface area contributed by atoms with Gasteiger partial charge in [0, 0.05) is 18.9 Å². The number of fused-ring (bicyclic) bond motifs is 1. The van der Waals surface area contributed by atoms with Crippen molar-refractivity contribution < 1.29 is 17.6 Å². The van der Waals surface area contributed by atoms with E-state index in [1.165, 1.54) is 0 Å². The Labute approximate surface area is 78.1 Å². The Morgan fingerprint density at radius 3 is 2.79 bits per heavy atom. The molecule has 3 nitrogen and oxygen atoms in total. The lowest BCUT2D eigenvalue weighted by Crippen LogP contribution is -2.27. The fourth-order valence-corrected chi connectivity index (χ4v) is 1.53. The van der Waals surface area contributed by atoms with Crippen molar-refractivity contribution in [1.82, 2.24) is 4.98 Å². The molecule has 0 bridgehead atoms. The first-order chi connectivity index (χ1) is 6.47. The van der Waals surface area contributed by atoms with Crippen LogP contribution >= 0.6 is 0 Å². The first-order valence-electron chi connectivity index (χ1n) is 4.28. The van der Waals surface area contributed by atoms with Crippen LogP contribution in [0, 0.1) is 0 Å². The van der Waals surface area contributed by atoms with Gasteiger partial charge in [-0.25, -0.2) is 4.98 Å². The van der Waals surface area contributed by atoms with Crippen molar-refractivity contribution in [3.05, 3.63) is 17.3 Å². The lowest BCUT2D eigenvalue weighted by atomic mass is 9.98. The highest BCUT2D eigenvalue weighted by molar-refractivity contribution is 5.16. The van der Waals surface area contributed by atoms with Crippen molar-refractivity contribution in [1.29, 1.82) is 0 Å². The molecular weight excluding hydrogens is 197 g/mol. The maximum absolute atomic E-state index is 12.2. The van der Waals surface area contributed by atoms with E-state index in [0.29, 0.717) is 30.7 Å². The second-order valence-electron chi connectivity index (χ2n) is 3.39. The summed E-state index contributed by atoms with van der Waals surface area (Å²) in [5, 5.41) is 0. The molecule has 0 aliphatic heterocycles. The zero-order valence-corrected chi connectivity index (χ0v) is 7.27. The Morgan fingerprint density at radius 1 is 1.43 bits per heavy atom. The van der Waals surface area contributed by atoms with Gasteiger partial charge in [-0.2, -0.15) is 13.2 Å². The number of alkyl halides is 3. The molecule has 0 aromatic carbocycles. The average molecular weight is 206 g/mol. The van der Waals surface area contributed by atoms with Crippen LogP contribution in [0.1, 0.15) is 23.8 Å². The highest BCUT2D eigenvalue weighted by Gasteiger charge is 2.39. The van der Waals surface area contributed by atoms with Crippen molar-refractivity contribution in [3.8, 4) is 0 Å². The Hall–Kier alpha value is -1.04. The maximum atomic E-state index is 12.2. The van der Waals surface area contributed by atoms with Crippen molar-refractivity contribution in [2.45, 2.75) is 31.5 Å². The molecule has 0 amide bonds. The lowest BCUT2D eigenvalue weighted by Gasteiger charge is -2.14. The second-order valence-corrected chi connectivity index (χ2v) is 3.39. The van der Waals surface area contributed by atoms with E-state index in [1.807, 2.05) is 0 Å². The topological polar surface area (TPSA) is 52.0 Å². The monoisotopic (exact) mass is 206 g/mol. The van der Waals surface area contributed by atoms with Crippen LogP contribution in [0.15, 0.2) is 4.42 Å². The van der Waals surface area contributed by atoms with Crippen molar-refractivity contribution in [2.75, 3.05) is 0 Å². The van der Waals surface area contributed by atoms with Crippen LogP contribution < -0.4 is 5.73 Å². The standard InChI is InChI=1S/C8H9F3N2O/c9-8(10,11)7-13-5-3-4(12)1-2-6(5)14-7/h4H,1-3,12H2. The third-order valence-corrected chi connectivity index (χ3v) is 2.22. The van der Waals surface area contributed by atoms with E-state index in [0.717, 1.165) is 0 Å². The average Bonchev–Trinajstić information content (AvgIpc) is 2.45. The Kier molecular flexibility index (Phi) is 2.02. The summed E-state index contributed by atoms with van der Waals surface area (Å²) in [4.78, 5) is 3.40. The van der Waals surface area contributed by atoms with E-state index in [2.05, 4.69) is 9.40 Å². The lowest BCUT2D eigenvalue weighted by molar-refractivity contribution is -0.157. The summed E-state index contributed by atoms with van der Waals surface area (Å²) in [6.45, 7) is 0. The normalized spacial score (nSPS) is 22.1. The predicted molar refractivity (Wildman–Crippen MR) is 41.5 cm³/mol. The number of oxazole rings is 1. The van der Waals surface area contributed by atoms with Gasteiger partial charge in [0.25, 0.3) is 0 Å². The van der Waals surface area contributed by atoms with E-state index in [1.54, 1.807) is 0 Å². The van der Waals surface area contributed by atoms with Crippen LogP contribution in [0.3, 0.4) is 0 Å². The summed E-state index contributed by atoms with van der Waals surface area (Å²) in [6, 6.07) is -0.103. The zero-order valence-electron chi connectivity index (χ0n) is 7.27. The molecule has 1 aliphatic rings. The maximum Gasteiger partial charge on any atom is 0.468 e. The molecule has 2 rings (SSSR count). The molecule has 2 N–H and O–H groups in total. The van der Waals surface area contributed by atoms with Crippen LogP contribution in [-0.4, -0.2) is 11.0 Å². The summed E-state index contributed by atoms with van der Waals surface area (Å²) >= 11 is 0. The molecule has 14 heavy (non-hydrogen) atoms. The van der Waals surface area contributed by atoms with Crippen molar-refractivity contribution in [2.24, 2.45) is 5.73 Å². The smallest absolute Gasteiger partial charge is 0.438 e. The largest absolute Gasteiger partial charge is 0.468 e. The van der Waals surface area contributed by atoms with Gasteiger partial charge in [-0.3, -0.25) is 0 Å². The Bertz CT molecular complexity index is 345. The molecule has 1 aromatic rings. The third kappa shape index (κ3) is 1.61. The molecule has 78 valence electrons. The number of hydrogen-bond donors (Lipinski definition) is 1. The van der Waals surface area contributed by atoms with Crippen LogP contribution in [-0.2, 0) is 19.0 Å². The molecule has 1 heterocycles. The highest BCUT2D eigenvalue weighted by atomic mass is 19.4. The number of rotatable bonds is 0. The molecule has 0 radical (unpaired) electrons. The van der Waals surface area contributed by atoms with Gasteiger partial charge in [0.1, 0.15) is 5.76 Å². The summed E-state index contributed by atoms with van der Waals surface area (Å²) in [5.41, 5.74) is 5.96. The van der Waals surface area contributed by atoms with Gasteiger partial charge in [-0.1, -0.05) is 0 Å². The SMILES string of the molecule is NC1CCc2oc(C(F)(F)F)nc2C1. The van der Waals surface area contributed by atoms with Gasteiger partial charge in [0.05, 0.1) is 5.69 Å². The summed E-state index contributed by atoms with van der Waals surface area (Å²) in [7, 11) is 0. The molecule has 1 atom stereocenters. The third-order valence-electron chi connectivity index (χ3n) is 2.22. The van der Waals surface area contributed by atoms with Crippen molar-refractivity contribution in [3.63, 3.8) is 0 Å². The first-order valence-corrected chi connectivity index (χ1v) is 4.28. The van der Waals surface area contributed by atoms with Gasteiger partial charge in [-0.15, -0.1) is 0 Å². The van der Waals surface area contributed by atoms with E-state index in [9.17, 15) is 13.2 Å². The number of halogens is 3. The molecule has 1 aliphatic carbocycles. The number of hydrogen-bond acceptors (Lipinski definition) is 3. The fraction of sp³-hybridized carbons (Fsp3) is 0.625. The predicted octanol–water partition coefficient (Wildman–Crippen LogP) is 1.51. The van der Waals surface area contributed by atoms with Gasteiger partial charge >= 0.3 is 12.1 Å². The minimum Gasteiger partial charge on any atom is -0.438 e. The summed E-state index contributed by atoms with van der Waals surface area (Å²) < 4.78 is 41.2. The Balaban J connectivity index is 2.32. The Morgan fingerprint density at radius 2 is 2.14 bits per heavy atom. The zero-order chi connectivity index (χ0) is 10.3. The number of aromatic nitrogens is 1. The number of aryl methyl sites for hydroxylation is 1. The van der Waals surface area contributed by atoms with Crippen LogP contribution in [0.4, 0.5) is 13.2 Å². The van der Waals surface area contributed by atoms with Crippen molar-refractivity contribution >= 4 is 0 Å². The van der Waals surface area contributed by atoms with Gasteiger partial charge < -0.3 is 10.2 Å². The van der Waals surface area contributed by atoms with Crippen LogP contribution in [0.5, 0.6) is 0 Å². The first kappa shape index (κ1) is 9.51. The minimum absolute atomic E-state index is 0.103. The summed E-state index contributed by atoms with van der Waals surface area (Å²) in [5.74, 6) is -0.823. The van der Waals surface area contributed by atoms with Gasteiger partial charge in [0.15, 0.2) is 0 Å². The van der Waals surface area contributed by atoms with Crippen LogP contribution in [0.25, 0.3) is 0 Å². The molecule has 0 saturated carbocycles. The number of nitrogens with two attached hydrogens (primary N) is 1. The molecule has 1 unspecified atom stereocenters. The van der Waals surface area contributed by atoms with Gasteiger partial charge in [-0.05, 0) is 6.42 Å². The molecular formula is C8H9F3N2O. The molecule has 0 fully saturated rings. The van der Waals surface area contributed by atoms with E-state index in [-0.39, 0.29) is 6.04 Å². The molecule has 6 heteroatoms. The summed E-state index contributed by atoms with van der Waals surface area (Å²) in [6.07, 6.45) is -3.03. The minimum atomic E-state index is -4.50. The van der Waals surface area contributed by atoms with E-state index < -0.39 is 12.1 Å². The van der Waals surface area contributed by atoms with E-state index >= 15 is 0 Å². The second kappa shape index (κ2) is 2.98. The molecule has 1 aromatic heterocycles. The molecule has 0 saturated heterocycles.